The molecule has 0 bridgehead atoms. The number of nitrogens with zero attached hydrogens (tertiary/aromatic N) is 3. The Morgan fingerprint density at radius 1 is 1.14 bits per heavy atom. The first-order chi connectivity index (χ1) is 10.8. The molecule has 22 heavy (non-hydrogen) atoms. The topological polar surface area (TPSA) is 80.0 Å². The largest absolute Gasteiger partial charge is 0.392 e. The summed E-state index contributed by atoms with van der Waals surface area (Å²) in [6.45, 7) is -0.0755. The van der Waals surface area contributed by atoms with Crippen molar-refractivity contribution < 1.29 is 9.90 Å². The molecule has 1 amide bonds. The van der Waals surface area contributed by atoms with Gasteiger partial charge in [-0.05, 0) is 29.8 Å². The summed E-state index contributed by atoms with van der Waals surface area (Å²) in [5.74, 6) is -0.350. The molecule has 0 radical (unpaired) electrons. The molecule has 2 aromatic carbocycles. The lowest BCUT2D eigenvalue weighted by atomic mass is 10.2. The Morgan fingerprint density at radius 2 is 1.95 bits per heavy atom. The minimum absolute atomic E-state index is 0.0755. The third kappa shape index (κ3) is 3.02. The van der Waals surface area contributed by atoms with Crippen LogP contribution in [-0.2, 0) is 6.61 Å². The number of hydrogen-bond donors (Lipinski definition) is 2. The summed E-state index contributed by atoms with van der Waals surface area (Å²) >= 11 is 0. The van der Waals surface area contributed by atoms with Crippen molar-refractivity contribution in [2.24, 2.45) is 0 Å². The molecule has 0 aliphatic rings. The smallest absolute Gasteiger partial charge is 0.277 e. The summed E-state index contributed by atoms with van der Waals surface area (Å²) in [6, 6.07) is 16.4. The highest BCUT2D eigenvalue weighted by Crippen LogP contribution is 2.12. The normalized spacial score (nSPS) is 10.4. The predicted octanol–water partition coefficient (Wildman–Crippen LogP) is 2.01. The van der Waals surface area contributed by atoms with E-state index in [-0.39, 0.29) is 18.2 Å². The Hall–Kier alpha value is -2.99. The number of carbonyl (C=O) groups is 1. The number of aliphatic hydroxyl groups is 1. The second kappa shape index (κ2) is 6.19. The van der Waals surface area contributed by atoms with Gasteiger partial charge in [0.2, 0.25) is 0 Å². The van der Waals surface area contributed by atoms with Crippen LogP contribution in [-0.4, -0.2) is 26.0 Å². The molecule has 1 heterocycles. The van der Waals surface area contributed by atoms with Crippen LogP contribution >= 0.6 is 0 Å². The van der Waals surface area contributed by atoms with E-state index in [2.05, 4.69) is 15.5 Å². The molecule has 0 fully saturated rings. The number of anilines is 1. The first-order valence-corrected chi connectivity index (χ1v) is 6.75. The van der Waals surface area contributed by atoms with Gasteiger partial charge < -0.3 is 10.4 Å². The van der Waals surface area contributed by atoms with Crippen LogP contribution in [0.2, 0.25) is 0 Å². The molecule has 3 aromatic rings. The van der Waals surface area contributed by atoms with Gasteiger partial charge in [0.1, 0.15) is 0 Å². The van der Waals surface area contributed by atoms with Gasteiger partial charge >= 0.3 is 0 Å². The highest BCUT2D eigenvalue weighted by molar-refractivity contribution is 6.02. The van der Waals surface area contributed by atoms with E-state index in [1.54, 1.807) is 24.3 Å². The Balaban J connectivity index is 1.77. The van der Waals surface area contributed by atoms with E-state index in [9.17, 15) is 4.79 Å². The number of hydrogen-bond acceptors (Lipinski definition) is 4. The standard InChI is InChI=1S/C16H14N4O2/c21-11-12-5-4-6-13(9-12)18-16(22)15-10-17-20(19-15)14-7-2-1-3-8-14/h1-10,21H,11H2,(H,18,22). The molecular formula is C16H14N4O2. The number of carbonyl (C=O) groups excluding carboxylic acids is 1. The van der Waals surface area contributed by atoms with E-state index >= 15 is 0 Å². The Bertz CT molecular complexity index is 784. The SMILES string of the molecule is O=C(Nc1cccc(CO)c1)c1cnn(-c2ccccc2)n1. The second-order valence-corrected chi connectivity index (χ2v) is 4.67. The van der Waals surface area contributed by atoms with E-state index < -0.39 is 0 Å². The van der Waals surface area contributed by atoms with Crippen molar-refractivity contribution in [3.05, 3.63) is 72.1 Å². The van der Waals surface area contributed by atoms with Crippen LogP contribution in [0.5, 0.6) is 0 Å². The summed E-state index contributed by atoms with van der Waals surface area (Å²) < 4.78 is 0. The van der Waals surface area contributed by atoms with Gasteiger partial charge in [-0.3, -0.25) is 4.79 Å². The molecule has 0 saturated heterocycles. The zero-order valence-corrected chi connectivity index (χ0v) is 11.7. The van der Waals surface area contributed by atoms with Gasteiger partial charge in [0.05, 0.1) is 18.5 Å². The first-order valence-electron chi connectivity index (χ1n) is 6.75. The van der Waals surface area contributed by atoms with Crippen LogP contribution in [0.15, 0.2) is 60.8 Å². The van der Waals surface area contributed by atoms with Gasteiger partial charge in [-0.25, -0.2) is 0 Å². The minimum Gasteiger partial charge on any atom is -0.392 e. The lowest BCUT2D eigenvalue weighted by Gasteiger charge is -2.04. The lowest BCUT2D eigenvalue weighted by molar-refractivity contribution is 0.102. The van der Waals surface area contributed by atoms with Crippen molar-refractivity contribution in [2.45, 2.75) is 6.61 Å². The summed E-state index contributed by atoms with van der Waals surface area (Å²) in [7, 11) is 0. The molecule has 6 heteroatoms. The Kier molecular flexibility index (Phi) is 3.93. The number of para-hydroxylation sites is 1. The Morgan fingerprint density at radius 3 is 2.73 bits per heavy atom. The van der Waals surface area contributed by atoms with Crippen molar-refractivity contribution in [2.75, 3.05) is 5.32 Å². The maximum atomic E-state index is 12.2. The van der Waals surface area contributed by atoms with Crippen molar-refractivity contribution in [3.8, 4) is 5.69 Å². The summed E-state index contributed by atoms with van der Waals surface area (Å²) in [4.78, 5) is 13.6. The van der Waals surface area contributed by atoms with Gasteiger partial charge in [0, 0.05) is 5.69 Å². The van der Waals surface area contributed by atoms with Crippen LogP contribution in [0, 0.1) is 0 Å². The van der Waals surface area contributed by atoms with Crippen LogP contribution in [0.3, 0.4) is 0 Å². The summed E-state index contributed by atoms with van der Waals surface area (Å²) in [5.41, 5.74) is 2.33. The zero-order chi connectivity index (χ0) is 15.4. The Labute approximate surface area is 127 Å². The minimum atomic E-state index is -0.350. The van der Waals surface area contributed by atoms with Gasteiger partial charge in [0.15, 0.2) is 5.69 Å². The maximum absolute atomic E-state index is 12.2. The van der Waals surface area contributed by atoms with Gasteiger partial charge in [0.25, 0.3) is 5.91 Å². The molecule has 0 aliphatic carbocycles. The van der Waals surface area contributed by atoms with Crippen LogP contribution in [0.1, 0.15) is 16.1 Å². The molecule has 0 unspecified atom stereocenters. The molecule has 0 aliphatic heterocycles. The van der Waals surface area contributed by atoms with Crippen molar-refractivity contribution >= 4 is 11.6 Å². The van der Waals surface area contributed by atoms with Gasteiger partial charge in [-0.1, -0.05) is 30.3 Å². The van der Waals surface area contributed by atoms with Crippen LogP contribution in [0.25, 0.3) is 5.69 Å². The molecular weight excluding hydrogens is 280 g/mol. The van der Waals surface area contributed by atoms with E-state index in [0.29, 0.717) is 5.69 Å². The van der Waals surface area contributed by atoms with E-state index in [1.807, 2.05) is 30.3 Å². The lowest BCUT2D eigenvalue weighted by Crippen LogP contribution is -2.13. The molecule has 6 nitrogen and oxygen atoms in total. The van der Waals surface area contributed by atoms with Crippen molar-refractivity contribution in [3.63, 3.8) is 0 Å². The molecule has 110 valence electrons. The van der Waals surface area contributed by atoms with Crippen molar-refractivity contribution in [1.29, 1.82) is 0 Å². The average molecular weight is 294 g/mol. The highest BCUT2D eigenvalue weighted by atomic mass is 16.3. The number of amides is 1. The number of aliphatic hydroxyl groups excluding tert-OH is 1. The molecule has 1 aromatic heterocycles. The molecule has 0 atom stereocenters. The van der Waals surface area contributed by atoms with Crippen LogP contribution < -0.4 is 5.32 Å². The summed E-state index contributed by atoms with van der Waals surface area (Å²) in [5, 5.41) is 20.1. The zero-order valence-electron chi connectivity index (χ0n) is 11.7. The second-order valence-electron chi connectivity index (χ2n) is 4.67. The molecule has 0 saturated carbocycles. The van der Waals surface area contributed by atoms with Crippen LogP contribution in [0.4, 0.5) is 5.69 Å². The van der Waals surface area contributed by atoms with Gasteiger partial charge in [-0.15, -0.1) is 5.10 Å². The monoisotopic (exact) mass is 294 g/mol. The van der Waals surface area contributed by atoms with E-state index in [4.69, 9.17) is 5.11 Å². The fourth-order valence-electron chi connectivity index (χ4n) is 2.00. The third-order valence-corrected chi connectivity index (χ3v) is 3.08. The first kappa shape index (κ1) is 14.0. The number of nitrogens with one attached hydrogen (secondary N) is 1. The third-order valence-electron chi connectivity index (χ3n) is 3.08. The molecule has 3 rings (SSSR count). The quantitative estimate of drug-likeness (QED) is 0.771. The van der Waals surface area contributed by atoms with E-state index in [1.165, 1.54) is 11.0 Å². The molecule has 0 spiro atoms. The van der Waals surface area contributed by atoms with Crippen molar-refractivity contribution in [1.82, 2.24) is 15.0 Å². The van der Waals surface area contributed by atoms with E-state index in [0.717, 1.165) is 11.3 Å². The summed E-state index contributed by atoms with van der Waals surface area (Å²) in [6.07, 6.45) is 1.41. The number of rotatable bonds is 4. The fourth-order valence-corrected chi connectivity index (χ4v) is 2.00. The van der Waals surface area contributed by atoms with Gasteiger partial charge in [-0.2, -0.15) is 9.90 Å². The highest BCUT2D eigenvalue weighted by Gasteiger charge is 2.11. The average Bonchev–Trinajstić information content (AvgIpc) is 3.06. The molecule has 2 N–H and O–H groups in total. The maximum Gasteiger partial charge on any atom is 0.277 e. The number of aromatic nitrogens is 3. The fraction of sp³-hybridized carbons (Fsp3) is 0.0625. The number of benzene rings is 2. The predicted molar refractivity (Wildman–Crippen MR) is 81.7 cm³/mol.